The number of carbonyl (C=O) groups is 1. The van der Waals surface area contributed by atoms with E-state index in [9.17, 15) is 4.79 Å². The summed E-state index contributed by atoms with van der Waals surface area (Å²) in [5, 5.41) is 8.94. The average Bonchev–Trinajstić information content (AvgIpc) is 3.53. The van der Waals surface area contributed by atoms with Crippen molar-refractivity contribution in [2.75, 3.05) is 13.2 Å². The summed E-state index contributed by atoms with van der Waals surface area (Å²) in [6.07, 6.45) is 9.36. The van der Waals surface area contributed by atoms with Crippen LogP contribution in [0.15, 0.2) is 0 Å². The van der Waals surface area contributed by atoms with Gasteiger partial charge in [-0.05, 0) is 62.7 Å². The zero-order valence-electron chi connectivity index (χ0n) is 16.5. The van der Waals surface area contributed by atoms with Crippen LogP contribution in [0.1, 0.15) is 59.3 Å². The molecule has 0 radical (unpaired) electrons. The number of carbonyl (C=O) groups excluding carboxylic acids is 1. The molecule has 9 atom stereocenters. The minimum absolute atomic E-state index is 0.204. The van der Waals surface area contributed by atoms with E-state index in [-0.39, 0.29) is 6.10 Å². The Morgan fingerprint density at radius 3 is 2.12 bits per heavy atom. The fraction of sp³-hybridized carbons (Fsp3) is 0.952. The summed E-state index contributed by atoms with van der Waals surface area (Å²) in [7, 11) is 0. The van der Waals surface area contributed by atoms with Gasteiger partial charge in [0.05, 0.1) is 37.1 Å². The molecule has 4 rings (SSSR count). The van der Waals surface area contributed by atoms with E-state index in [4.69, 9.17) is 19.3 Å². The van der Waals surface area contributed by atoms with Crippen molar-refractivity contribution in [3.63, 3.8) is 0 Å². The third kappa shape index (κ3) is 5.51. The fourth-order valence-corrected chi connectivity index (χ4v) is 4.53. The predicted molar refractivity (Wildman–Crippen MR) is 98.9 cm³/mol. The molecule has 1 N–H and O–H groups in total. The maximum absolute atomic E-state index is 10.2. The molecule has 0 aromatic rings. The summed E-state index contributed by atoms with van der Waals surface area (Å²) in [6, 6.07) is 0. The van der Waals surface area contributed by atoms with Crippen molar-refractivity contribution in [1.82, 2.24) is 0 Å². The molecule has 2 aliphatic heterocycles. The monoisotopic (exact) mass is 368 g/mol. The number of aliphatic hydroxyl groups is 1. The molecule has 0 aromatic carbocycles. The predicted octanol–water partition coefficient (Wildman–Crippen LogP) is 2.98. The minimum Gasteiger partial charge on any atom is -0.396 e. The van der Waals surface area contributed by atoms with Crippen molar-refractivity contribution in [1.29, 1.82) is 0 Å². The smallest absolute Gasteiger partial charge is 0.120 e. The third-order valence-electron chi connectivity index (χ3n) is 6.78. The Morgan fingerprint density at radius 2 is 1.54 bits per heavy atom. The maximum Gasteiger partial charge on any atom is 0.120 e. The topological polar surface area (TPSA) is 71.6 Å². The molecule has 4 aliphatic rings. The van der Waals surface area contributed by atoms with Crippen LogP contribution in [0.3, 0.4) is 0 Å². The van der Waals surface area contributed by atoms with Crippen LogP contribution < -0.4 is 0 Å². The average molecular weight is 369 g/mol. The largest absolute Gasteiger partial charge is 0.396 e. The lowest BCUT2D eigenvalue weighted by Crippen LogP contribution is -2.27. The zero-order chi connectivity index (χ0) is 18.7. The number of aldehydes is 1. The molecule has 2 aliphatic carbocycles. The Balaban J connectivity index is 0.000000167. The number of fused-ring (bicyclic) bond motifs is 2. The molecular weight excluding hydrogens is 332 g/mol. The van der Waals surface area contributed by atoms with E-state index in [2.05, 4.69) is 13.8 Å². The quantitative estimate of drug-likeness (QED) is 0.552. The van der Waals surface area contributed by atoms with E-state index in [0.717, 1.165) is 38.6 Å². The fourth-order valence-electron chi connectivity index (χ4n) is 4.53. The van der Waals surface area contributed by atoms with Crippen molar-refractivity contribution in [2.24, 2.45) is 23.7 Å². The van der Waals surface area contributed by atoms with E-state index in [1.54, 1.807) is 0 Å². The van der Waals surface area contributed by atoms with Gasteiger partial charge >= 0.3 is 0 Å². The Labute approximate surface area is 157 Å². The lowest BCUT2D eigenvalue weighted by Gasteiger charge is -2.27. The molecule has 9 unspecified atom stereocenters. The zero-order valence-corrected chi connectivity index (χ0v) is 16.5. The summed E-state index contributed by atoms with van der Waals surface area (Å²) in [5.74, 6) is 2.52. The second-order valence-electron chi connectivity index (χ2n) is 8.91. The Morgan fingerprint density at radius 1 is 1.00 bits per heavy atom. The van der Waals surface area contributed by atoms with Crippen LogP contribution in [0.5, 0.6) is 0 Å². The number of epoxide rings is 2. The molecule has 2 saturated heterocycles. The number of hydrogen-bond donors (Lipinski definition) is 1. The summed E-state index contributed by atoms with van der Waals surface area (Å²) in [6.45, 7) is 7.72. The van der Waals surface area contributed by atoms with E-state index in [1.807, 2.05) is 6.92 Å². The van der Waals surface area contributed by atoms with Gasteiger partial charge in [0.15, 0.2) is 0 Å². The molecule has 150 valence electrons. The van der Waals surface area contributed by atoms with Gasteiger partial charge < -0.3 is 24.1 Å². The lowest BCUT2D eigenvalue weighted by molar-refractivity contribution is -0.108. The third-order valence-corrected chi connectivity index (χ3v) is 6.78. The van der Waals surface area contributed by atoms with Crippen molar-refractivity contribution in [3.8, 4) is 0 Å². The molecule has 0 bridgehead atoms. The lowest BCUT2D eigenvalue weighted by atomic mass is 9.81. The van der Waals surface area contributed by atoms with E-state index >= 15 is 0 Å². The number of aliphatic hydroxyl groups excluding tert-OH is 1. The second-order valence-corrected chi connectivity index (χ2v) is 8.91. The summed E-state index contributed by atoms with van der Waals surface area (Å²) in [5.41, 5.74) is 0. The van der Waals surface area contributed by atoms with Crippen molar-refractivity contribution in [3.05, 3.63) is 0 Å². The van der Waals surface area contributed by atoms with Crippen molar-refractivity contribution >= 4 is 6.29 Å². The maximum atomic E-state index is 10.2. The van der Waals surface area contributed by atoms with Gasteiger partial charge in [-0.1, -0.05) is 13.8 Å². The first-order valence-corrected chi connectivity index (χ1v) is 10.5. The van der Waals surface area contributed by atoms with Crippen molar-refractivity contribution < 1.29 is 24.1 Å². The molecule has 2 heterocycles. The summed E-state index contributed by atoms with van der Waals surface area (Å²) < 4.78 is 16.7. The van der Waals surface area contributed by atoms with Gasteiger partial charge in [0.1, 0.15) is 6.29 Å². The van der Waals surface area contributed by atoms with Gasteiger partial charge in [0.2, 0.25) is 0 Å². The molecule has 2 saturated carbocycles. The molecule has 4 fully saturated rings. The summed E-state index contributed by atoms with van der Waals surface area (Å²) >= 11 is 0. The van der Waals surface area contributed by atoms with Crippen LogP contribution in [-0.2, 0) is 19.0 Å². The van der Waals surface area contributed by atoms with Gasteiger partial charge in [-0.25, -0.2) is 0 Å². The first-order valence-electron chi connectivity index (χ1n) is 10.5. The highest BCUT2D eigenvalue weighted by molar-refractivity contribution is 5.49. The molecule has 5 heteroatoms. The van der Waals surface area contributed by atoms with E-state index < -0.39 is 0 Å². The molecule has 5 nitrogen and oxygen atoms in total. The number of ether oxygens (including phenoxy) is 3. The van der Waals surface area contributed by atoms with E-state index in [0.29, 0.717) is 61.1 Å². The van der Waals surface area contributed by atoms with Crippen LogP contribution in [0, 0.1) is 23.7 Å². The molecular formula is C21H36O5. The minimum atomic E-state index is 0.204. The van der Waals surface area contributed by atoms with Gasteiger partial charge in [-0.3, -0.25) is 0 Å². The normalized spacial score (nSPS) is 44.0. The molecule has 0 spiro atoms. The highest BCUT2D eigenvalue weighted by atomic mass is 16.6. The number of hydrogen-bond acceptors (Lipinski definition) is 5. The van der Waals surface area contributed by atoms with Gasteiger partial charge in [-0.15, -0.1) is 0 Å². The first kappa shape index (κ1) is 20.2. The van der Waals surface area contributed by atoms with Gasteiger partial charge in [0, 0.05) is 13.0 Å². The van der Waals surface area contributed by atoms with Crippen LogP contribution in [0.2, 0.25) is 0 Å². The Bertz CT molecular complexity index is 456. The van der Waals surface area contributed by atoms with Gasteiger partial charge in [0.25, 0.3) is 0 Å². The molecule has 26 heavy (non-hydrogen) atoms. The van der Waals surface area contributed by atoms with Crippen LogP contribution in [0.4, 0.5) is 0 Å². The van der Waals surface area contributed by atoms with Crippen LogP contribution in [0.25, 0.3) is 0 Å². The first-order chi connectivity index (χ1) is 12.5. The summed E-state index contributed by atoms with van der Waals surface area (Å²) in [4.78, 5) is 10.2. The highest BCUT2D eigenvalue weighted by Gasteiger charge is 2.47. The van der Waals surface area contributed by atoms with Crippen LogP contribution >= 0.6 is 0 Å². The number of rotatable bonds is 7. The van der Waals surface area contributed by atoms with Crippen molar-refractivity contribution in [2.45, 2.75) is 89.8 Å². The standard InChI is InChI=1S/C13H22O3.C8H14O2/c1-9-6-12-13(16-12)7-11(9)8-15-10(2)4-3-5-14;1-5-2-7-8(10-7)3-6(5)4-9/h5,9-13H,3-4,6-8H2,1-2H3;5-9H,2-4H2,1H3. The van der Waals surface area contributed by atoms with E-state index in [1.165, 1.54) is 6.42 Å². The van der Waals surface area contributed by atoms with Crippen LogP contribution in [-0.4, -0.2) is 55.1 Å². The molecule has 0 amide bonds. The van der Waals surface area contributed by atoms with Gasteiger partial charge in [-0.2, -0.15) is 0 Å². The Kier molecular flexibility index (Phi) is 7.11. The second kappa shape index (κ2) is 9.13. The molecule has 0 aromatic heterocycles. The SMILES string of the molecule is CC(CCC=O)OCC1CC2OC2CC1C.CC1CC2OC2CC1CO. The Hall–Kier alpha value is -0.490. The highest BCUT2D eigenvalue weighted by Crippen LogP contribution is 2.43.